The number of nitrogens with two attached hydrogens (primary N) is 1. The van der Waals surface area contributed by atoms with Gasteiger partial charge in [-0.2, -0.15) is 0 Å². The van der Waals surface area contributed by atoms with E-state index in [0.717, 1.165) is 6.42 Å². The molecule has 0 aliphatic heterocycles. The van der Waals surface area contributed by atoms with Crippen molar-refractivity contribution in [3.8, 4) is 0 Å². The van der Waals surface area contributed by atoms with Crippen molar-refractivity contribution in [3.05, 3.63) is 0 Å². The van der Waals surface area contributed by atoms with Crippen LogP contribution in [-0.4, -0.2) is 31.2 Å². The van der Waals surface area contributed by atoms with Gasteiger partial charge in [0.15, 0.2) is 0 Å². The Labute approximate surface area is 103 Å². The topological polar surface area (TPSA) is 64.3 Å². The zero-order chi connectivity index (χ0) is 12.6. The van der Waals surface area contributed by atoms with E-state index < -0.39 is 0 Å². The van der Waals surface area contributed by atoms with Crippen LogP contribution in [0.15, 0.2) is 0 Å². The molecule has 0 aliphatic rings. The lowest BCUT2D eigenvalue weighted by Crippen LogP contribution is -2.40. The van der Waals surface area contributed by atoms with Crippen LogP contribution >= 0.6 is 12.2 Å². The Morgan fingerprint density at radius 2 is 2.19 bits per heavy atom. The SMILES string of the molecule is CCCC(C(=O)NCC(C)COC)C(N)=S. The zero-order valence-electron chi connectivity index (χ0n) is 10.3. The molecule has 5 heteroatoms. The molecule has 3 N–H and O–H groups in total. The van der Waals surface area contributed by atoms with Crippen molar-refractivity contribution in [1.29, 1.82) is 0 Å². The Bertz CT molecular complexity index is 234. The fourth-order valence-corrected chi connectivity index (χ4v) is 1.66. The van der Waals surface area contributed by atoms with Gasteiger partial charge in [-0.05, 0) is 12.3 Å². The van der Waals surface area contributed by atoms with Crippen LogP contribution < -0.4 is 11.1 Å². The highest BCUT2D eigenvalue weighted by atomic mass is 32.1. The molecule has 2 unspecified atom stereocenters. The van der Waals surface area contributed by atoms with E-state index in [-0.39, 0.29) is 16.8 Å². The van der Waals surface area contributed by atoms with Crippen LogP contribution in [0.25, 0.3) is 0 Å². The van der Waals surface area contributed by atoms with Crippen molar-refractivity contribution < 1.29 is 9.53 Å². The van der Waals surface area contributed by atoms with Gasteiger partial charge in [-0.3, -0.25) is 4.79 Å². The Morgan fingerprint density at radius 3 is 2.62 bits per heavy atom. The van der Waals surface area contributed by atoms with Crippen LogP contribution in [0, 0.1) is 11.8 Å². The second-order valence-electron chi connectivity index (χ2n) is 4.05. The van der Waals surface area contributed by atoms with Gasteiger partial charge in [0.05, 0.1) is 17.5 Å². The summed E-state index contributed by atoms with van der Waals surface area (Å²) in [7, 11) is 1.65. The molecule has 0 aromatic heterocycles. The minimum absolute atomic E-state index is 0.0719. The van der Waals surface area contributed by atoms with Gasteiger partial charge in [-0.15, -0.1) is 0 Å². The largest absolute Gasteiger partial charge is 0.393 e. The Hall–Kier alpha value is -0.680. The van der Waals surface area contributed by atoms with Gasteiger partial charge in [0.25, 0.3) is 0 Å². The number of hydrogen-bond acceptors (Lipinski definition) is 3. The fourth-order valence-electron chi connectivity index (χ4n) is 1.43. The average Bonchev–Trinajstić information content (AvgIpc) is 2.22. The summed E-state index contributed by atoms with van der Waals surface area (Å²) < 4.78 is 4.99. The molecule has 94 valence electrons. The first-order valence-corrected chi connectivity index (χ1v) is 5.99. The van der Waals surface area contributed by atoms with Crippen LogP contribution in [-0.2, 0) is 9.53 Å². The standard InChI is InChI=1S/C11H22N2O2S/c1-4-5-9(10(12)16)11(14)13-6-8(2)7-15-3/h8-9H,4-7H2,1-3H3,(H2,12,16)(H,13,14). The molecule has 0 fully saturated rings. The molecule has 1 amide bonds. The highest BCUT2D eigenvalue weighted by Crippen LogP contribution is 2.07. The Morgan fingerprint density at radius 1 is 1.56 bits per heavy atom. The number of rotatable bonds is 8. The van der Waals surface area contributed by atoms with Gasteiger partial charge >= 0.3 is 0 Å². The molecule has 0 radical (unpaired) electrons. The van der Waals surface area contributed by atoms with Crippen molar-refractivity contribution in [3.63, 3.8) is 0 Å². The summed E-state index contributed by atoms with van der Waals surface area (Å²) in [5.41, 5.74) is 5.53. The molecule has 0 rings (SSSR count). The van der Waals surface area contributed by atoms with E-state index in [2.05, 4.69) is 5.32 Å². The second-order valence-corrected chi connectivity index (χ2v) is 4.52. The minimum atomic E-state index is -0.338. The fraction of sp³-hybridized carbons (Fsp3) is 0.818. The number of carbonyl (C=O) groups excluding carboxylic acids is 1. The average molecular weight is 246 g/mol. The van der Waals surface area contributed by atoms with E-state index in [1.165, 1.54) is 0 Å². The highest BCUT2D eigenvalue weighted by molar-refractivity contribution is 7.80. The molecular formula is C11H22N2O2S. The van der Waals surface area contributed by atoms with E-state index in [1.54, 1.807) is 7.11 Å². The first-order chi connectivity index (χ1) is 7.52. The maximum atomic E-state index is 11.8. The summed E-state index contributed by atoms with van der Waals surface area (Å²) in [6, 6.07) is 0. The van der Waals surface area contributed by atoms with Crippen LogP contribution in [0.5, 0.6) is 0 Å². The Balaban J connectivity index is 4.05. The third kappa shape index (κ3) is 6.02. The smallest absolute Gasteiger partial charge is 0.229 e. The van der Waals surface area contributed by atoms with E-state index in [1.807, 2.05) is 13.8 Å². The van der Waals surface area contributed by atoms with Crippen molar-refractivity contribution in [2.45, 2.75) is 26.7 Å². The molecule has 0 heterocycles. The summed E-state index contributed by atoms with van der Waals surface area (Å²) in [5.74, 6) is -0.116. The van der Waals surface area contributed by atoms with E-state index in [9.17, 15) is 4.79 Å². The molecular weight excluding hydrogens is 224 g/mol. The third-order valence-corrected chi connectivity index (χ3v) is 2.60. The van der Waals surface area contributed by atoms with Crippen LogP contribution in [0.4, 0.5) is 0 Å². The predicted molar refractivity (Wildman–Crippen MR) is 69.2 cm³/mol. The summed E-state index contributed by atoms with van der Waals surface area (Å²) in [6.45, 7) is 5.24. The van der Waals surface area contributed by atoms with Gasteiger partial charge in [-0.1, -0.05) is 32.5 Å². The van der Waals surface area contributed by atoms with E-state index >= 15 is 0 Å². The van der Waals surface area contributed by atoms with Gasteiger partial charge in [0.2, 0.25) is 5.91 Å². The molecule has 2 atom stereocenters. The minimum Gasteiger partial charge on any atom is -0.393 e. The summed E-state index contributed by atoms with van der Waals surface area (Å²) in [5, 5.41) is 2.85. The number of amides is 1. The lowest BCUT2D eigenvalue weighted by atomic mass is 10.0. The quantitative estimate of drug-likeness (QED) is 0.629. The summed E-state index contributed by atoms with van der Waals surface area (Å²) >= 11 is 4.88. The zero-order valence-corrected chi connectivity index (χ0v) is 11.1. The third-order valence-electron chi connectivity index (χ3n) is 2.31. The maximum absolute atomic E-state index is 11.8. The number of methoxy groups -OCH3 is 1. The molecule has 16 heavy (non-hydrogen) atoms. The van der Waals surface area contributed by atoms with Gasteiger partial charge in [0, 0.05) is 13.7 Å². The molecule has 0 bridgehead atoms. The number of ether oxygens (including phenoxy) is 1. The van der Waals surface area contributed by atoms with Gasteiger partial charge in [0.1, 0.15) is 0 Å². The van der Waals surface area contributed by atoms with E-state index in [4.69, 9.17) is 22.7 Å². The lowest BCUT2D eigenvalue weighted by molar-refractivity contribution is -0.123. The number of nitrogens with one attached hydrogen (secondary N) is 1. The molecule has 0 saturated carbocycles. The van der Waals surface area contributed by atoms with Crippen molar-refractivity contribution in [1.82, 2.24) is 5.32 Å². The number of carbonyl (C=O) groups is 1. The molecule has 0 aliphatic carbocycles. The first-order valence-electron chi connectivity index (χ1n) is 5.58. The van der Waals surface area contributed by atoms with Crippen molar-refractivity contribution >= 4 is 23.1 Å². The van der Waals surface area contributed by atoms with Crippen LogP contribution in [0.3, 0.4) is 0 Å². The molecule has 0 aromatic rings. The monoisotopic (exact) mass is 246 g/mol. The molecule has 0 aromatic carbocycles. The lowest BCUT2D eigenvalue weighted by Gasteiger charge is -2.16. The van der Waals surface area contributed by atoms with Gasteiger partial charge in [-0.25, -0.2) is 0 Å². The van der Waals surface area contributed by atoms with Crippen molar-refractivity contribution in [2.24, 2.45) is 17.6 Å². The summed E-state index contributed by atoms with van der Waals surface area (Å²) in [6.07, 6.45) is 1.60. The Kier molecular flexibility index (Phi) is 8.11. The van der Waals surface area contributed by atoms with Crippen LogP contribution in [0.1, 0.15) is 26.7 Å². The summed E-state index contributed by atoms with van der Waals surface area (Å²) in [4.78, 5) is 12.0. The molecule has 4 nitrogen and oxygen atoms in total. The maximum Gasteiger partial charge on any atom is 0.229 e. The van der Waals surface area contributed by atoms with Crippen LogP contribution in [0.2, 0.25) is 0 Å². The van der Waals surface area contributed by atoms with E-state index in [0.29, 0.717) is 25.5 Å². The first kappa shape index (κ1) is 15.3. The molecule has 0 spiro atoms. The van der Waals surface area contributed by atoms with Gasteiger partial charge < -0.3 is 15.8 Å². The van der Waals surface area contributed by atoms with Crippen molar-refractivity contribution in [2.75, 3.05) is 20.3 Å². The second kappa shape index (κ2) is 8.47. The molecule has 0 saturated heterocycles. The normalized spacial score (nSPS) is 14.2. The highest BCUT2D eigenvalue weighted by Gasteiger charge is 2.20. The number of thiocarbonyl (C=S) groups is 1. The predicted octanol–water partition coefficient (Wildman–Crippen LogP) is 1.09. The number of hydrogen-bond donors (Lipinski definition) is 2.